The summed E-state index contributed by atoms with van der Waals surface area (Å²) in [6.07, 6.45) is -1.73. The van der Waals surface area contributed by atoms with Crippen LogP contribution < -0.4 is 9.46 Å². The van der Waals surface area contributed by atoms with Crippen LogP contribution in [0, 0.1) is 5.82 Å². The fraction of sp³-hybridized carbons (Fsp3) is 0.632. The van der Waals surface area contributed by atoms with Crippen LogP contribution in [0.2, 0.25) is 0 Å². The van der Waals surface area contributed by atoms with Crippen molar-refractivity contribution in [2.75, 3.05) is 19.8 Å². The Kier molecular flexibility index (Phi) is 8.06. The molecule has 1 aromatic rings. The second-order valence-electron chi connectivity index (χ2n) is 7.42. The van der Waals surface area contributed by atoms with E-state index in [-0.39, 0.29) is 18.3 Å². The molecule has 0 spiro atoms. The molecule has 158 valence electrons. The van der Waals surface area contributed by atoms with Crippen molar-refractivity contribution in [2.45, 2.75) is 57.2 Å². The first-order valence-corrected chi connectivity index (χ1v) is 10.3. The van der Waals surface area contributed by atoms with Gasteiger partial charge in [-0.25, -0.2) is 13.6 Å². The van der Waals surface area contributed by atoms with Gasteiger partial charge in [0.15, 0.2) is 0 Å². The molecule has 1 aliphatic heterocycles. The Morgan fingerprint density at radius 2 is 2.18 bits per heavy atom. The number of hydrogen-bond acceptors (Lipinski definition) is 6. The van der Waals surface area contributed by atoms with Gasteiger partial charge in [0.25, 0.3) is 0 Å². The highest BCUT2D eigenvalue weighted by atomic mass is 32.2. The van der Waals surface area contributed by atoms with Gasteiger partial charge in [-0.1, -0.05) is 0 Å². The van der Waals surface area contributed by atoms with Gasteiger partial charge in [0.1, 0.15) is 28.5 Å². The fourth-order valence-corrected chi connectivity index (χ4v) is 3.39. The predicted molar refractivity (Wildman–Crippen MR) is 102 cm³/mol. The number of nitrogens with one attached hydrogen (secondary N) is 1. The van der Waals surface area contributed by atoms with Crippen LogP contribution in [0.1, 0.15) is 45.7 Å². The van der Waals surface area contributed by atoms with Crippen molar-refractivity contribution in [2.24, 2.45) is 0 Å². The lowest BCUT2D eigenvalue weighted by molar-refractivity contribution is -0.150. The van der Waals surface area contributed by atoms with Crippen LogP contribution in [-0.2, 0) is 25.6 Å². The number of halogens is 2. The standard InChI is InChI=1S/C19H27F2NO5S/c1-5-26-18(23)16(21)17(22-28(24)19(2,3)4)14-10-12(6-7-15(14)20)27-13-8-9-25-11-13/h6-7,10,13,16-17,22H,5,8-9,11H2,1-4H3/t13?,16-,17+,28?/m1/s1. The minimum atomic E-state index is -2.24. The molecule has 0 radical (unpaired) electrons. The molecule has 9 heteroatoms. The molecule has 2 unspecified atom stereocenters. The van der Waals surface area contributed by atoms with Crippen LogP contribution in [0.5, 0.6) is 5.75 Å². The third kappa shape index (κ3) is 6.04. The molecular weight excluding hydrogens is 392 g/mol. The highest BCUT2D eigenvalue weighted by Crippen LogP contribution is 2.30. The number of carbonyl (C=O) groups excluding carboxylic acids is 1. The molecule has 1 aromatic carbocycles. The lowest BCUT2D eigenvalue weighted by Gasteiger charge is -2.29. The largest absolute Gasteiger partial charge is 0.598 e. The van der Waals surface area contributed by atoms with E-state index in [9.17, 15) is 18.1 Å². The zero-order valence-electron chi connectivity index (χ0n) is 16.5. The number of alkyl halides is 1. The van der Waals surface area contributed by atoms with Gasteiger partial charge in [-0.3, -0.25) is 0 Å². The van der Waals surface area contributed by atoms with E-state index in [1.807, 2.05) is 0 Å². The van der Waals surface area contributed by atoms with Crippen molar-refractivity contribution < 1.29 is 32.3 Å². The first kappa shape index (κ1) is 22.9. The number of rotatable bonds is 8. The molecule has 1 fully saturated rings. The second-order valence-corrected chi connectivity index (χ2v) is 9.42. The van der Waals surface area contributed by atoms with E-state index in [1.165, 1.54) is 12.1 Å². The number of ether oxygens (including phenoxy) is 3. The lowest BCUT2D eigenvalue weighted by atomic mass is 10.0. The van der Waals surface area contributed by atoms with Gasteiger partial charge in [0.05, 0.1) is 19.8 Å². The average Bonchev–Trinajstić information content (AvgIpc) is 3.13. The maximum absolute atomic E-state index is 14.9. The van der Waals surface area contributed by atoms with Gasteiger partial charge < -0.3 is 18.8 Å². The van der Waals surface area contributed by atoms with Crippen molar-refractivity contribution in [3.05, 3.63) is 29.6 Å². The van der Waals surface area contributed by atoms with Crippen molar-refractivity contribution >= 4 is 17.3 Å². The Balaban J connectivity index is 2.33. The Hall–Kier alpha value is -1.42. The zero-order valence-corrected chi connectivity index (χ0v) is 17.3. The minimum absolute atomic E-state index is 0.0261. The molecule has 0 bridgehead atoms. The SMILES string of the molecule is CCOC(=O)[C@H](F)[C@@H](N[S+]([O-])C(C)(C)C)c1cc(OC2CCOC2)ccc1F. The van der Waals surface area contributed by atoms with E-state index in [0.29, 0.717) is 25.4 Å². The second kappa shape index (κ2) is 9.87. The summed E-state index contributed by atoms with van der Waals surface area (Å²) < 4.78 is 59.5. The van der Waals surface area contributed by atoms with Crippen molar-refractivity contribution in [3.63, 3.8) is 0 Å². The van der Waals surface area contributed by atoms with Gasteiger partial charge in [-0.15, -0.1) is 4.72 Å². The highest BCUT2D eigenvalue weighted by molar-refractivity contribution is 7.90. The van der Waals surface area contributed by atoms with Gasteiger partial charge in [0.2, 0.25) is 6.17 Å². The summed E-state index contributed by atoms with van der Waals surface area (Å²) in [5.74, 6) is -1.58. The molecule has 1 saturated heterocycles. The summed E-state index contributed by atoms with van der Waals surface area (Å²) in [4.78, 5) is 12.0. The smallest absolute Gasteiger partial charge is 0.342 e. The van der Waals surface area contributed by atoms with E-state index in [2.05, 4.69) is 4.72 Å². The summed E-state index contributed by atoms with van der Waals surface area (Å²) in [5, 5.41) is 0. The molecule has 6 nitrogen and oxygen atoms in total. The zero-order chi connectivity index (χ0) is 20.9. The average molecular weight is 419 g/mol. The van der Waals surface area contributed by atoms with Crippen LogP contribution in [0.3, 0.4) is 0 Å². The van der Waals surface area contributed by atoms with Gasteiger partial charge in [-0.05, 0) is 45.9 Å². The van der Waals surface area contributed by atoms with E-state index in [0.717, 1.165) is 6.07 Å². The Bertz CT molecular complexity index is 664. The monoisotopic (exact) mass is 419 g/mol. The molecule has 0 aromatic heterocycles. The minimum Gasteiger partial charge on any atom is -0.598 e. The van der Waals surface area contributed by atoms with Gasteiger partial charge in [-0.2, -0.15) is 0 Å². The molecule has 1 N–H and O–H groups in total. The fourth-order valence-electron chi connectivity index (χ4n) is 2.56. The quantitative estimate of drug-likeness (QED) is 0.516. The van der Waals surface area contributed by atoms with Crippen molar-refractivity contribution in [1.82, 2.24) is 4.72 Å². The Labute approximate surface area is 167 Å². The lowest BCUT2D eigenvalue weighted by Crippen LogP contribution is -2.46. The number of carbonyl (C=O) groups is 1. The maximum Gasteiger partial charge on any atom is 0.342 e. The first-order chi connectivity index (χ1) is 13.1. The summed E-state index contributed by atoms with van der Waals surface area (Å²) >= 11 is -1.75. The Morgan fingerprint density at radius 3 is 2.75 bits per heavy atom. The molecule has 1 heterocycles. The van der Waals surface area contributed by atoms with Crippen LogP contribution in [-0.4, -0.2) is 47.4 Å². The number of benzene rings is 1. The third-order valence-electron chi connectivity index (χ3n) is 4.09. The summed E-state index contributed by atoms with van der Waals surface area (Å²) in [7, 11) is 0. The summed E-state index contributed by atoms with van der Waals surface area (Å²) in [5.41, 5.74) is -0.158. The van der Waals surface area contributed by atoms with Crippen LogP contribution in [0.15, 0.2) is 18.2 Å². The normalized spacial score (nSPS) is 20.5. The van der Waals surface area contributed by atoms with Crippen LogP contribution in [0.25, 0.3) is 0 Å². The molecular formula is C19H27F2NO5S. The maximum atomic E-state index is 14.9. The van der Waals surface area contributed by atoms with Crippen molar-refractivity contribution in [1.29, 1.82) is 0 Å². The number of hydrogen-bond donors (Lipinski definition) is 1. The third-order valence-corrected chi connectivity index (χ3v) is 5.67. The molecule has 4 atom stereocenters. The van der Waals surface area contributed by atoms with Gasteiger partial charge >= 0.3 is 5.97 Å². The van der Waals surface area contributed by atoms with Crippen molar-refractivity contribution in [3.8, 4) is 5.75 Å². The predicted octanol–water partition coefficient (Wildman–Crippen LogP) is 2.99. The molecule has 0 saturated carbocycles. The Morgan fingerprint density at radius 1 is 1.46 bits per heavy atom. The van der Waals surface area contributed by atoms with E-state index >= 15 is 0 Å². The number of esters is 1. The van der Waals surface area contributed by atoms with Gasteiger partial charge in [0, 0.05) is 23.3 Å². The van der Waals surface area contributed by atoms with E-state index in [1.54, 1.807) is 27.7 Å². The molecule has 0 amide bonds. The van der Waals surface area contributed by atoms with E-state index < -0.39 is 40.1 Å². The molecule has 28 heavy (non-hydrogen) atoms. The highest BCUT2D eigenvalue weighted by Gasteiger charge is 2.39. The molecule has 0 aliphatic carbocycles. The first-order valence-electron chi connectivity index (χ1n) is 9.16. The van der Waals surface area contributed by atoms with Crippen LogP contribution >= 0.6 is 0 Å². The summed E-state index contributed by atoms with van der Waals surface area (Å²) in [6.45, 7) is 7.54. The van der Waals surface area contributed by atoms with E-state index in [4.69, 9.17) is 14.2 Å². The van der Waals surface area contributed by atoms with Crippen LogP contribution in [0.4, 0.5) is 8.78 Å². The topological polar surface area (TPSA) is 79.9 Å². The summed E-state index contributed by atoms with van der Waals surface area (Å²) in [6, 6.07) is 2.37. The molecule has 2 rings (SSSR count). The molecule has 1 aliphatic rings.